The van der Waals surface area contributed by atoms with Gasteiger partial charge in [0.25, 0.3) is 5.91 Å². The first-order chi connectivity index (χ1) is 17.7. The second-order valence-corrected chi connectivity index (χ2v) is 12.4. The van der Waals surface area contributed by atoms with Crippen LogP contribution in [0.4, 0.5) is 0 Å². The number of halogens is 2. The molecule has 0 radical (unpaired) electrons. The molecule has 0 spiro atoms. The van der Waals surface area contributed by atoms with Crippen molar-refractivity contribution >= 4 is 56.0 Å². The Morgan fingerprint density at radius 2 is 1.76 bits per heavy atom. The zero-order chi connectivity index (χ0) is 26.4. The highest BCUT2D eigenvalue weighted by atomic mass is 127. The van der Waals surface area contributed by atoms with E-state index in [0.29, 0.717) is 35.7 Å². The molecule has 1 aliphatic rings. The standard InChI is InChI=1S/C27H27ClIN3O4S/c28-22-11-13-24(14-12-22)37(35,36)32(25-6-1-2-15-30-27(25)34)18-19-7-9-21(10-8-19)26(33)31-17-20-4-3-5-23(29)16-20/h3-5,7-14,16,25H,1-2,6,15,17-18H2,(H,30,34)(H,31,33)/t25-/m1/s1. The Hall–Kier alpha value is -2.47. The summed E-state index contributed by atoms with van der Waals surface area (Å²) in [6, 6.07) is 19.7. The van der Waals surface area contributed by atoms with Crippen molar-refractivity contribution in [1.82, 2.24) is 14.9 Å². The average Bonchev–Trinajstić information content (AvgIpc) is 3.10. The maximum atomic E-state index is 13.7. The molecule has 3 aromatic carbocycles. The zero-order valence-electron chi connectivity index (χ0n) is 20.0. The normalized spacial score (nSPS) is 16.2. The van der Waals surface area contributed by atoms with E-state index in [4.69, 9.17) is 11.6 Å². The van der Waals surface area contributed by atoms with E-state index in [1.807, 2.05) is 24.3 Å². The number of nitrogens with one attached hydrogen (secondary N) is 2. The van der Waals surface area contributed by atoms with E-state index in [1.54, 1.807) is 24.3 Å². The van der Waals surface area contributed by atoms with Gasteiger partial charge in [-0.25, -0.2) is 8.42 Å². The molecule has 0 unspecified atom stereocenters. The first-order valence-electron chi connectivity index (χ1n) is 11.9. The third-order valence-electron chi connectivity index (χ3n) is 6.17. The molecule has 0 bridgehead atoms. The minimum atomic E-state index is -4.00. The van der Waals surface area contributed by atoms with Crippen LogP contribution in [0.3, 0.4) is 0 Å². The van der Waals surface area contributed by atoms with Gasteiger partial charge in [-0.1, -0.05) is 35.9 Å². The Bertz CT molecular complexity index is 1370. The summed E-state index contributed by atoms with van der Waals surface area (Å²) in [5.41, 5.74) is 2.14. The summed E-state index contributed by atoms with van der Waals surface area (Å²) in [5, 5.41) is 6.16. The van der Waals surface area contributed by atoms with Crippen LogP contribution in [-0.2, 0) is 27.9 Å². The second kappa shape index (κ2) is 12.4. The molecule has 1 saturated heterocycles. The lowest BCUT2D eigenvalue weighted by atomic mass is 10.1. The van der Waals surface area contributed by atoms with Gasteiger partial charge in [0.15, 0.2) is 0 Å². The van der Waals surface area contributed by atoms with Gasteiger partial charge >= 0.3 is 0 Å². The summed E-state index contributed by atoms with van der Waals surface area (Å²) in [5.74, 6) is -0.527. The van der Waals surface area contributed by atoms with E-state index in [1.165, 1.54) is 28.6 Å². The number of amides is 2. The minimum Gasteiger partial charge on any atom is -0.355 e. The molecule has 2 amide bonds. The molecule has 4 rings (SSSR count). The number of hydrogen-bond donors (Lipinski definition) is 2. The van der Waals surface area contributed by atoms with Crippen molar-refractivity contribution < 1.29 is 18.0 Å². The summed E-state index contributed by atoms with van der Waals surface area (Å²) in [6.07, 6.45) is 1.95. The molecule has 1 aliphatic heterocycles. The molecule has 194 valence electrons. The van der Waals surface area contributed by atoms with Crippen molar-refractivity contribution in [2.24, 2.45) is 0 Å². The van der Waals surface area contributed by atoms with Gasteiger partial charge in [-0.05, 0) is 102 Å². The van der Waals surface area contributed by atoms with Gasteiger partial charge in [-0.3, -0.25) is 9.59 Å². The van der Waals surface area contributed by atoms with Gasteiger partial charge in [0.1, 0.15) is 6.04 Å². The number of carbonyl (C=O) groups is 2. The fraction of sp³-hybridized carbons (Fsp3) is 0.259. The monoisotopic (exact) mass is 651 g/mol. The van der Waals surface area contributed by atoms with Crippen molar-refractivity contribution in [3.63, 3.8) is 0 Å². The zero-order valence-corrected chi connectivity index (χ0v) is 23.7. The average molecular weight is 652 g/mol. The van der Waals surface area contributed by atoms with Crippen LogP contribution in [0.2, 0.25) is 5.02 Å². The van der Waals surface area contributed by atoms with E-state index >= 15 is 0 Å². The van der Waals surface area contributed by atoms with Gasteiger partial charge in [0.2, 0.25) is 15.9 Å². The summed E-state index contributed by atoms with van der Waals surface area (Å²) < 4.78 is 29.7. The largest absolute Gasteiger partial charge is 0.355 e. The first-order valence-corrected chi connectivity index (χ1v) is 14.8. The number of hydrogen-bond acceptors (Lipinski definition) is 4. The Labute approximate surface area is 235 Å². The molecule has 2 N–H and O–H groups in total. The van der Waals surface area contributed by atoms with Crippen LogP contribution in [0.15, 0.2) is 77.7 Å². The maximum Gasteiger partial charge on any atom is 0.251 e. The lowest BCUT2D eigenvalue weighted by molar-refractivity contribution is -0.124. The smallest absolute Gasteiger partial charge is 0.251 e. The van der Waals surface area contributed by atoms with Crippen molar-refractivity contribution in [2.75, 3.05) is 6.54 Å². The van der Waals surface area contributed by atoms with Crippen LogP contribution in [0.25, 0.3) is 0 Å². The fourth-order valence-corrected chi connectivity index (χ4v) is 6.51. The van der Waals surface area contributed by atoms with Crippen LogP contribution in [-0.4, -0.2) is 37.1 Å². The van der Waals surface area contributed by atoms with Crippen molar-refractivity contribution in [3.05, 3.63) is 98.1 Å². The van der Waals surface area contributed by atoms with E-state index in [2.05, 4.69) is 33.2 Å². The number of rotatable bonds is 8. The highest BCUT2D eigenvalue weighted by Gasteiger charge is 2.36. The van der Waals surface area contributed by atoms with Crippen molar-refractivity contribution in [1.29, 1.82) is 0 Å². The number of benzene rings is 3. The molecule has 1 atom stereocenters. The topological polar surface area (TPSA) is 95.6 Å². The van der Waals surface area contributed by atoms with Gasteiger partial charge in [-0.2, -0.15) is 4.31 Å². The molecule has 37 heavy (non-hydrogen) atoms. The molecule has 1 heterocycles. The van der Waals surface area contributed by atoms with Crippen LogP contribution in [0.5, 0.6) is 0 Å². The summed E-state index contributed by atoms with van der Waals surface area (Å²) >= 11 is 8.19. The SMILES string of the molecule is O=C(NCc1cccc(I)c1)c1ccc(CN([C@@H]2CCCCNC2=O)S(=O)(=O)c2ccc(Cl)cc2)cc1. The lowest BCUT2D eigenvalue weighted by Crippen LogP contribution is -2.48. The van der Waals surface area contributed by atoms with Crippen LogP contribution in [0.1, 0.15) is 40.7 Å². The predicted octanol–water partition coefficient (Wildman–Crippen LogP) is 4.73. The molecule has 0 aliphatic carbocycles. The second-order valence-electron chi connectivity index (χ2n) is 8.82. The minimum absolute atomic E-state index is 0.00655. The highest BCUT2D eigenvalue weighted by molar-refractivity contribution is 14.1. The molecule has 0 saturated carbocycles. The van der Waals surface area contributed by atoms with E-state index < -0.39 is 16.1 Å². The van der Waals surface area contributed by atoms with Gasteiger partial charge < -0.3 is 10.6 Å². The lowest BCUT2D eigenvalue weighted by Gasteiger charge is -2.29. The van der Waals surface area contributed by atoms with Crippen molar-refractivity contribution in [2.45, 2.75) is 43.3 Å². The first kappa shape index (κ1) is 27.6. The Balaban J connectivity index is 1.54. The molecule has 7 nitrogen and oxygen atoms in total. The van der Waals surface area contributed by atoms with Gasteiger partial charge in [0.05, 0.1) is 4.90 Å². The number of carbonyl (C=O) groups excluding carboxylic acids is 2. The predicted molar refractivity (Wildman–Crippen MR) is 152 cm³/mol. The Morgan fingerprint density at radius 1 is 1.03 bits per heavy atom. The number of sulfonamides is 1. The number of nitrogens with zero attached hydrogens (tertiary/aromatic N) is 1. The van der Waals surface area contributed by atoms with Gasteiger partial charge in [-0.15, -0.1) is 0 Å². The van der Waals surface area contributed by atoms with Crippen LogP contribution >= 0.6 is 34.2 Å². The molecule has 0 aromatic heterocycles. The highest BCUT2D eigenvalue weighted by Crippen LogP contribution is 2.26. The Morgan fingerprint density at radius 3 is 2.46 bits per heavy atom. The molecular weight excluding hydrogens is 625 g/mol. The molecule has 1 fully saturated rings. The third kappa shape index (κ3) is 7.10. The summed E-state index contributed by atoms with van der Waals surface area (Å²) in [7, 11) is -4.00. The van der Waals surface area contributed by atoms with Crippen LogP contribution < -0.4 is 10.6 Å². The summed E-state index contributed by atoms with van der Waals surface area (Å²) in [4.78, 5) is 25.6. The Kier molecular flexibility index (Phi) is 9.22. The molecule has 3 aromatic rings. The quantitative estimate of drug-likeness (QED) is 0.345. The summed E-state index contributed by atoms with van der Waals surface area (Å²) in [6.45, 7) is 0.921. The van der Waals surface area contributed by atoms with E-state index in [0.717, 1.165) is 22.0 Å². The van der Waals surface area contributed by atoms with Crippen molar-refractivity contribution in [3.8, 4) is 0 Å². The third-order valence-corrected chi connectivity index (χ3v) is 8.96. The maximum absolute atomic E-state index is 13.7. The molecular formula is C27H27ClIN3O4S. The van der Waals surface area contributed by atoms with E-state index in [-0.39, 0.29) is 23.3 Å². The molecule has 10 heteroatoms. The van der Waals surface area contributed by atoms with Crippen LogP contribution in [0, 0.1) is 3.57 Å². The fourth-order valence-electron chi connectivity index (χ4n) is 4.18. The van der Waals surface area contributed by atoms with Gasteiger partial charge in [0, 0.05) is 33.8 Å². The van der Waals surface area contributed by atoms with E-state index in [9.17, 15) is 18.0 Å².